The topological polar surface area (TPSA) is 106 Å². The lowest BCUT2D eigenvalue weighted by molar-refractivity contribution is 0.0697. The molecule has 7 nitrogen and oxygen atoms in total. The number of thioether (sulfide) groups is 1. The first-order valence-corrected chi connectivity index (χ1v) is 7.05. The van der Waals surface area contributed by atoms with E-state index in [0.29, 0.717) is 10.9 Å². The fraction of sp³-hybridized carbons (Fsp3) is 0.0769. The fourth-order valence-corrected chi connectivity index (χ4v) is 2.56. The average Bonchev–Trinajstić information content (AvgIpc) is 2.90. The summed E-state index contributed by atoms with van der Waals surface area (Å²) in [5.41, 5.74) is 6.83. The van der Waals surface area contributed by atoms with Gasteiger partial charge in [-0.2, -0.15) is 9.50 Å². The van der Waals surface area contributed by atoms with Crippen LogP contribution in [0.1, 0.15) is 15.9 Å². The first kappa shape index (κ1) is 13.4. The molecule has 21 heavy (non-hydrogen) atoms. The minimum absolute atomic E-state index is 0.0200. The first-order chi connectivity index (χ1) is 10.1. The van der Waals surface area contributed by atoms with Gasteiger partial charge in [-0.15, -0.1) is 5.10 Å². The molecule has 0 spiro atoms. The second kappa shape index (κ2) is 5.41. The van der Waals surface area contributed by atoms with Crippen molar-refractivity contribution in [3.8, 4) is 0 Å². The predicted octanol–water partition coefficient (Wildman–Crippen LogP) is 1.70. The van der Waals surface area contributed by atoms with Crippen LogP contribution in [0.5, 0.6) is 0 Å². The Hall–Kier alpha value is -2.61. The van der Waals surface area contributed by atoms with Crippen molar-refractivity contribution in [2.75, 3.05) is 5.73 Å². The van der Waals surface area contributed by atoms with Gasteiger partial charge in [0, 0.05) is 11.9 Å². The molecule has 0 bridgehead atoms. The van der Waals surface area contributed by atoms with E-state index in [0.717, 1.165) is 5.56 Å². The summed E-state index contributed by atoms with van der Waals surface area (Å²) in [7, 11) is 0. The number of nitrogen functional groups attached to an aromatic ring is 1. The molecule has 0 aliphatic carbocycles. The molecular formula is C13H11N5O2S. The zero-order valence-corrected chi connectivity index (χ0v) is 11.6. The Kier molecular flexibility index (Phi) is 3.44. The summed E-state index contributed by atoms with van der Waals surface area (Å²) in [6.45, 7) is 0. The molecule has 1 aromatic carbocycles. The molecular weight excluding hydrogens is 290 g/mol. The van der Waals surface area contributed by atoms with Gasteiger partial charge < -0.3 is 10.8 Å². The van der Waals surface area contributed by atoms with Gasteiger partial charge in [-0.05, 0) is 5.56 Å². The van der Waals surface area contributed by atoms with Crippen molar-refractivity contribution in [2.24, 2.45) is 0 Å². The van der Waals surface area contributed by atoms with Crippen LogP contribution < -0.4 is 5.73 Å². The van der Waals surface area contributed by atoms with Crippen LogP contribution in [0, 0.1) is 0 Å². The third-order valence-corrected chi connectivity index (χ3v) is 3.73. The summed E-state index contributed by atoms with van der Waals surface area (Å²) in [4.78, 5) is 19.2. The lowest BCUT2D eigenvalue weighted by Crippen LogP contribution is -2.09. The SMILES string of the molecule is Nc1c(C(=O)O)cnc2nc(SCc3ccccc3)nn12. The molecule has 0 atom stereocenters. The number of nitrogens with two attached hydrogens (primary N) is 1. The van der Waals surface area contributed by atoms with Gasteiger partial charge in [0.15, 0.2) is 0 Å². The minimum atomic E-state index is -1.14. The number of carboxylic acid groups (broad SMARTS) is 1. The highest BCUT2D eigenvalue weighted by Crippen LogP contribution is 2.21. The highest BCUT2D eigenvalue weighted by molar-refractivity contribution is 7.98. The lowest BCUT2D eigenvalue weighted by Gasteiger charge is -2.00. The van der Waals surface area contributed by atoms with E-state index in [9.17, 15) is 4.79 Å². The van der Waals surface area contributed by atoms with Gasteiger partial charge in [0.1, 0.15) is 11.4 Å². The second-order valence-electron chi connectivity index (χ2n) is 4.24. The van der Waals surface area contributed by atoms with Crippen LogP contribution in [0.25, 0.3) is 5.78 Å². The highest BCUT2D eigenvalue weighted by atomic mass is 32.2. The third-order valence-electron chi connectivity index (χ3n) is 2.83. The molecule has 0 fully saturated rings. The first-order valence-electron chi connectivity index (χ1n) is 6.06. The van der Waals surface area contributed by atoms with E-state index < -0.39 is 5.97 Å². The Morgan fingerprint density at radius 2 is 2.10 bits per heavy atom. The fourth-order valence-electron chi connectivity index (χ4n) is 1.78. The van der Waals surface area contributed by atoms with Crippen LogP contribution in [0.2, 0.25) is 0 Å². The molecule has 0 saturated heterocycles. The molecule has 2 heterocycles. The number of hydrogen-bond donors (Lipinski definition) is 2. The summed E-state index contributed by atoms with van der Waals surface area (Å²) in [6.07, 6.45) is 1.19. The van der Waals surface area contributed by atoms with Gasteiger partial charge in [0.25, 0.3) is 5.78 Å². The summed E-state index contributed by atoms with van der Waals surface area (Å²) in [5, 5.41) is 13.7. The summed E-state index contributed by atoms with van der Waals surface area (Å²) < 4.78 is 1.25. The van der Waals surface area contributed by atoms with Gasteiger partial charge in [0.2, 0.25) is 5.16 Å². The molecule has 106 valence electrons. The Morgan fingerprint density at radius 1 is 1.33 bits per heavy atom. The number of carboxylic acids is 1. The lowest BCUT2D eigenvalue weighted by atomic mass is 10.2. The van der Waals surface area contributed by atoms with Crippen LogP contribution in [0.3, 0.4) is 0 Å². The van der Waals surface area contributed by atoms with Crippen LogP contribution in [-0.2, 0) is 5.75 Å². The van der Waals surface area contributed by atoms with E-state index in [2.05, 4.69) is 15.1 Å². The van der Waals surface area contributed by atoms with Crippen molar-refractivity contribution < 1.29 is 9.90 Å². The second-order valence-corrected chi connectivity index (χ2v) is 5.19. The summed E-state index contributed by atoms with van der Waals surface area (Å²) >= 11 is 1.44. The standard InChI is InChI=1S/C13H11N5O2S/c14-10-9(11(19)20)6-15-12-16-13(17-18(10)12)21-7-8-4-2-1-3-5-8/h1-6H,7,14H2,(H,19,20). The molecule has 3 N–H and O–H groups in total. The normalized spacial score (nSPS) is 10.9. The van der Waals surface area contributed by atoms with Crippen molar-refractivity contribution in [3.05, 3.63) is 47.7 Å². The van der Waals surface area contributed by atoms with Crippen molar-refractivity contribution in [3.63, 3.8) is 0 Å². The Bertz CT molecular complexity index is 803. The number of anilines is 1. The highest BCUT2D eigenvalue weighted by Gasteiger charge is 2.15. The Labute approximate surface area is 123 Å². The average molecular weight is 301 g/mol. The molecule has 0 amide bonds. The van der Waals surface area contributed by atoms with Crippen molar-refractivity contribution in [1.29, 1.82) is 0 Å². The number of rotatable bonds is 4. The van der Waals surface area contributed by atoms with Gasteiger partial charge in [-0.1, -0.05) is 42.1 Å². The summed E-state index contributed by atoms with van der Waals surface area (Å²) in [6, 6.07) is 9.91. The number of carbonyl (C=O) groups is 1. The Morgan fingerprint density at radius 3 is 2.81 bits per heavy atom. The van der Waals surface area contributed by atoms with Crippen LogP contribution in [0.15, 0.2) is 41.7 Å². The van der Waals surface area contributed by atoms with E-state index in [1.807, 2.05) is 30.3 Å². The minimum Gasteiger partial charge on any atom is -0.477 e. The quantitative estimate of drug-likeness (QED) is 0.706. The molecule has 8 heteroatoms. The monoisotopic (exact) mass is 301 g/mol. The summed E-state index contributed by atoms with van der Waals surface area (Å²) in [5.74, 6) is -0.126. The van der Waals surface area contributed by atoms with E-state index in [4.69, 9.17) is 10.8 Å². The van der Waals surface area contributed by atoms with Gasteiger partial charge in [-0.25, -0.2) is 9.78 Å². The zero-order valence-electron chi connectivity index (χ0n) is 10.8. The van der Waals surface area contributed by atoms with Crippen molar-refractivity contribution in [2.45, 2.75) is 10.9 Å². The molecule has 3 rings (SSSR count). The maximum atomic E-state index is 11.0. The van der Waals surface area contributed by atoms with Gasteiger partial charge >= 0.3 is 5.97 Å². The molecule has 2 aromatic heterocycles. The molecule has 3 aromatic rings. The van der Waals surface area contributed by atoms with E-state index in [-0.39, 0.29) is 17.2 Å². The Balaban J connectivity index is 1.87. The molecule has 0 unspecified atom stereocenters. The number of aromatic carboxylic acids is 1. The van der Waals surface area contributed by atoms with Crippen LogP contribution in [0.4, 0.5) is 5.82 Å². The van der Waals surface area contributed by atoms with Crippen LogP contribution >= 0.6 is 11.8 Å². The number of fused-ring (bicyclic) bond motifs is 1. The van der Waals surface area contributed by atoms with E-state index in [1.165, 1.54) is 22.5 Å². The number of nitrogens with zero attached hydrogens (tertiary/aromatic N) is 4. The predicted molar refractivity (Wildman–Crippen MR) is 78.2 cm³/mol. The largest absolute Gasteiger partial charge is 0.477 e. The smallest absolute Gasteiger partial charge is 0.341 e. The number of hydrogen-bond acceptors (Lipinski definition) is 6. The maximum absolute atomic E-state index is 11.0. The number of aromatic nitrogens is 4. The maximum Gasteiger partial charge on any atom is 0.341 e. The van der Waals surface area contributed by atoms with Crippen molar-refractivity contribution in [1.82, 2.24) is 19.6 Å². The van der Waals surface area contributed by atoms with E-state index in [1.54, 1.807) is 0 Å². The van der Waals surface area contributed by atoms with Gasteiger partial charge in [-0.3, -0.25) is 0 Å². The van der Waals surface area contributed by atoms with E-state index >= 15 is 0 Å². The molecule has 0 aliphatic heterocycles. The molecule has 0 radical (unpaired) electrons. The number of benzene rings is 1. The zero-order chi connectivity index (χ0) is 14.8. The van der Waals surface area contributed by atoms with Crippen LogP contribution in [-0.4, -0.2) is 30.7 Å². The molecule has 0 aliphatic rings. The molecule has 0 saturated carbocycles. The van der Waals surface area contributed by atoms with Crippen molar-refractivity contribution >= 4 is 29.3 Å². The third kappa shape index (κ3) is 2.65. The van der Waals surface area contributed by atoms with Gasteiger partial charge in [0.05, 0.1) is 0 Å².